The molecule has 0 aromatic heterocycles. The van der Waals surface area contributed by atoms with E-state index in [0.717, 1.165) is 37.4 Å². The molecule has 0 bridgehead atoms. The van der Waals surface area contributed by atoms with E-state index in [4.69, 9.17) is 10.5 Å². The Balaban J connectivity index is 2.38. The number of carbonyl (C=O) groups is 1. The van der Waals surface area contributed by atoms with Crippen LogP contribution in [0, 0.1) is 17.1 Å². The number of esters is 1. The Morgan fingerprint density at radius 1 is 1.19 bits per heavy atom. The maximum absolute atomic E-state index is 13.3. The minimum Gasteiger partial charge on any atom is -0.466 e. The number of nitrogens with two attached hydrogens (primary N) is 1. The van der Waals surface area contributed by atoms with Crippen molar-refractivity contribution in [2.75, 3.05) is 7.11 Å². The predicted octanol–water partition coefficient (Wildman–Crippen LogP) is 3.51. The van der Waals surface area contributed by atoms with Crippen molar-refractivity contribution in [1.82, 2.24) is 0 Å². The van der Waals surface area contributed by atoms with E-state index in [1.54, 1.807) is 0 Å². The molecule has 1 atom stereocenters. The fraction of sp³-hybridized carbons (Fsp3) is 0.158. The molecule has 1 aliphatic rings. The quantitative estimate of drug-likeness (QED) is 0.643. The zero-order valence-corrected chi connectivity index (χ0v) is 13.9. The summed E-state index contributed by atoms with van der Waals surface area (Å²) in [5.74, 6) is -1.53. The first-order valence-electron chi connectivity index (χ1n) is 7.64. The van der Waals surface area contributed by atoms with E-state index in [9.17, 15) is 27.6 Å². The summed E-state index contributed by atoms with van der Waals surface area (Å²) in [7, 11) is 1.07. The number of alkyl halides is 3. The second-order valence-corrected chi connectivity index (χ2v) is 5.91. The number of hydrogen-bond acceptors (Lipinski definition) is 4. The third-order valence-corrected chi connectivity index (χ3v) is 4.52. The zero-order chi connectivity index (χ0) is 20.0. The molecule has 2 N–H and O–H groups in total. The highest BCUT2D eigenvalue weighted by atomic mass is 19.4. The predicted molar refractivity (Wildman–Crippen MR) is 87.4 cm³/mol. The molecule has 0 fully saturated rings. The van der Waals surface area contributed by atoms with Gasteiger partial charge in [-0.3, -0.25) is 0 Å². The summed E-state index contributed by atoms with van der Waals surface area (Å²) >= 11 is 0. The van der Waals surface area contributed by atoms with Gasteiger partial charge in [-0.05, 0) is 35.4 Å². The zero-order valence-electron chi connectivity index (χ0n) is 13.9. The van der Waals surface area contributed by atoms with Crippen LogP contribution in [-0.2, 0) is 21.1 Å². The lowest BCUT2D eigenvalue weighted by Gasteiger charge is -2.26. The van der Waals surface area contributed by atoms with Gasteiger partial charge in [0.2, 0.25) is 0 Å². The summed E-state index contributed by atoms with van der Waals surface area (Å²) in [6.45, 7) is 0. The molecule has 0 saturated heterocycles. The topological polar surface area (TPSA) is 76.1 Å². The van der Waals surface area contributed by atoms with Gasteiger partial charge in [0.15, 0.2) is 0 Å². The summed E-state index contributed by atoms with van der Waals surface area (Å²) in [5, 5.41) is 9.98. The molecule has 2 aromatic carbocycles. The number of carbonyl (C=O) groups excluding carboxylic acids is 1. The van der Waals surface area contributed by atoms with Crippen LogP contribution >= 0.6 is 0 Å². The molecule has 0 saturated carbocycles. The SMILES string of the molecule is COC(=O)C1=C(N)c2cc(C(F)(F)F)ccc2C1(C#N)c1ccc(F)cc1. The first kappa shape index (κ1) is 18.5. The molecule has 2 aromatic rings. The van der Waals surface area contributed by atoms with E-state index in [0.29, 0.717) is 0 Å². The van der Waals surface area contributed by atoms with Crippen molar-refractivity contribution in [1.29, 1.82) is 5.26 Å². The number of hydrogen-bond donors (Lipinski definition) is 1. The van der Waals surface area contributed by atoms with Crippen LogP contribution in [0.1, 0.15) is 22.3 Å². The van der Waals surface area contributed by atoms with Crippen molar-refractivity contribution >= 4 is 11.7 Å². The normalized spacial score (nSPS) is 18.8. The molecule has 0 radical (unpaired) electrons. The third-order valence-electron chi connectivity index (χ3n) is 4.52. The van der Waals surface area contributed by atoms with Gasteiger partial charge in [-0.15, -0.1) is 0 Å². The number of nitriles is 1. The Bertz CT molecular complexity index is 1000. The lowest BCUT2D eigenvalue weighted by molar-refractivity contribution is -0.138. The fourth-order valence-corrected chi connectivity index (χ4v) is 3.29. The minimum absolute atomic E-state index is 0.0869. The maximum atomic E-state index is 13.3. The summed E-state index contributed by atoms with van der Waals surface area (Å²) in [5.41, 5.74) is 2.82. The number of fused-ring (bicyclic) bond motifs is 1. The van der Waals surface area contributed by atoms with Crippen molar-refractivity contribution in [3.63, 3.8) is 0 Å². The molecule has 3 rings (SSSR count). The Labute approximate surface area is 151 Å². The van der Waals surface area contributed by atoms with E-state index in [2.05, 4.69) is 0 Å². The van der Waals surface area contributed by atoms with Gasteiger partial charge < -0.3 is 10.5 Å². The van der Waals surface area contributed by atoms with Crippen LogP contribution in [0.5, 0.6) is 0 Å². The van der Waals surface area contributed by atoms with Gasteiger partial charge in [-0.25, -0.2) is 9.18 Å². The molecule has 0 amide bonds. The number of rotatable bonds is 2. The van der Waals surface area contributed by atoms with Crippen LogP contribution in [0.15, 0.2) is 48.0 Å². The number of ether oxygens (including phenoxy) is 1. The number of benzene rings is 2. The summed E-state index contributed by atoms with van der Waals surface area (Å²) in [6, 6.07) is 9.41. The number of methoxy groups -OCH3 is 1. The lowest BCUT2D eigenvalue weighted by atomic mass is 9.72. The molecule has 0 spiro atoms. The molecular formula is C19H12F4N2O2. The highest BCUT2D eigenvalue weighted by Gasteiger charge is 2.51. The average Bonchev–Trinajstić information content (AvgIpc) is 2.90. The van der Waals surface area contributed by atoms with E-state index in [1.165, 1.54) is 12.1 Å². The molecule has 1 aliphatic carbocycles. The summed E-state index contributed by atoms with van der Waals surface area (Å²) in [6.07, 6.45) is -4.63. The summed E-state index contributed by atoms with van der Waals surface area (Å²) in [4.78, 5) is 12.4. The molecule has 1 unspecified atom stereocenters. The second kappa shape index (κ2) is 6.13. The third kappa shape index (κ3) is 2.63. The average molecular weight is 376 g/mol. The molecule has 27 heavy (non-hydrogen) atoms. The van der Waals surface area contributed by atoms with Crippen LogP contribution in [-0.4, -0.2) is 13.1 Å². The minimum atomic E-state index is -4.63. The number of halogens is 4. The molecule has 0 heterocycles. The Kier molecular flexibility index (Phi) is 4.19. The van der Waals surface area contributed by atoms with Crippen molar-refractivity contribution in [3.8, 4) is 6.07 Å². The smallest absolute Gasteiger partial charge is 0.416 e. The highest BCUT2D eigenvalue weighted by Crippen LogP contribution is 2.50. The van der Waals surface area contributed by atoms with Gasteiger partial charge in [0, 0.05) is 5.56 Å². The molecule has 0 aliphatic heterocycles. The van der Waals surface area contributed by atoms with E-state index < -0.39 is 28.9 Å². The number of nitrogens with zero attached hydrogens (tertiary/aromatic N) is 1. The van der Waals surface area contributed by atoms with Crippen molar-refractivity contribution in [3.05, 3.63) is 76.1 Å². The van der Waals surface area contributed by atoms with Gasteiger partial charge in [-0.2, -0.15) is 18.4 Å². The van der Waals surface area contributed by atoms with Gasteiger partial charge in [0.25, 0.3) is 0 Å². The van der Waals surface area contributed by atoms with Crippen LogP contribution in [0.2, 0.25) is 0 Å². The van der Waals surface area contributed by atoms with Crippen LogP contribution < -0.4 is 5.73 Å². The standard InChI is InChI=1S/C19H12F4N2O2/c1-27-17(26)15-16(25)13-8-11(19(21,22)23)4-7-14(13)18(15,9-24)10-2-5-12(20)6-3-10/h2-8H,25H2,1H3. The molecule has 4 nitrogen and oxygen atoms in total. The Morgan fingerprint density at radius 2 is 1.81 bits per heavy atom. The van der Waals surface area contributed by atoms with Crippen molar-refractivity contribution in [2.45, 2.75) is 11.6 Å². The van der Waals surface area contributed by atoms with E-state index >= 15 is 0 Å². The van der Waals surface area contributed by atoms with Gasteiger partial charge >= 0.3 is 12.1 Å². The van der Waals surface area contributed by atoms with Crippen LogP contribution in [0.4, 0.5) is 17.6 Å². The first-order valence-corrected chi connectivity index (χ1v) is 7.64. The lowest BCUT2D eigenvalue weighted by Crippen LogP contribution is -2.31. The van der Waals surface area contributed by atoms with Crippen molar-refractivity contribution < 1.29 is 27.1 Å². The Morgan fingerprint density at radius 3 is 2.33 bits per heavy atom. The summed E-state index contributed by atoms with van der Waals surface area (Å²) < 4.78 is 57.3. The van der Waals surface area contributed by atoms with Gasteiger partial charge in [-0.1, -0.05) is 18.2 Å². The highest BCUT2D eigenvalue weighted by molar-refractivity contribution is 6.05. The van der Waals surface area contributed by atoms with E-state index in [-0.39, 0.29) is 28.0 Å². The van der Waals surface area contributed by atoms with Gasteiger partial charge in [0.05, 0.1) is 30.0 Å². The van der Waals surface area contributed by atoms with Gasteiger partial charge in [0.1, 0.15) is 11.2 Å². The Hall–Kier alpha value is -3.34. The first-order chi connectivity index (χ1) is 12.7. The monoisotopic (exact) mass is 376 g/mol. The second-order valence-electron chi connectivity index (χ2n) is 5.91. The van der Waals surface area contributed by atoms with Crippen LogP contribution in [0.3, 0.4) is 0 Å². The molecular weight excluding hydrogens is 364 g/mol. The fourth-order valence-electron chi connectivity index (χ4n) is 3.29. The maximum Gasteiger partial charge on any atom is 0.416 e. The largest absolute Gasteiger partial charge is 0.466 e. The van der Waals surface area contributed by atoms with Crippen molar-refractivity contribution in [2.24, 2.45) is 5.73 Å². The van der Waals surface area contributed by atoms with Crippen LogP contribution in [0.25, 0.3) is 5.70 Å². The molecule has 138 valence electrons. The molecule has 8 heteroatoms. The van der Waals surface area contributed by atoms with E-state index in [1.807, 2.05) is 6.07 Å².